The second kappa shape index (κ2) is 7.57. The predicted octanol–water partition coefficient (Wildman–Crippen LogP) is 2.69. The minimum Gasteiger partial charge on any atom is -0.351 e. The third-order valence-electron chi connectivity index (χ3n) is 4.22. The number of hydrogen-bond donors (Lipinski definition) is 1. The minimum atomic E-state index is -0.0733. The molecule has 1 aliphatic heterocycles. The molecule has 2 aromatic heterocycles. The largest absolute Gasteiger partial charge is 0.351 e. The lowest BCUT2D eigenvalue weighted by Gasteiger charge is -2.25. The first kappa shape index (κ1) is 16.6. The number of likely N-dealkylation sites (tertiary alicyclic amines) is 1. The van der Waals surface area contributed by atoms with Crippen molar-refractivity contribution < 1.29 is 9.59 Å². The van der Waals surface area contributed by atoms with Crippen LogP contribution in [0.25, 0.3) is 0 Å². The van der Waals surface area contributed by atoms with Gasteiger partial charge in [0, 0.05) is 24.5 Å². The van der Waals surface area contributed by atoms with Gasteiger partial charge in [-0.15, -0.1) is 11.3 Å². The number of carbonyl (C=O) groups excluding carboxylic acids is 2. The van der Waals surface area contributed by atoms with Crippen LogP contribution in [0.2, 0.25) is 0 Å². The van der Waals surface area contributed by atoms with E-state index in [9.17, 15) is 9.59 Å². The van der Waals surface area contributed by atoms with Gasteiger partial charge in [-0.05, 0) is 42.0 Å². The number of nitrogens with zero attached hydrogens (tertiary/aromatic N) is 2. The Bertz CT molecular complexity index is 715. The van der Waals surface area contributed by atoms with Gasteiger partial charge >= 0.3 is 0 Å². The van der Waals surface area contributed by atoms with Crippen molar-refractivity contribution in [1.82, 2.24) is 15.2 Å². The maximum Gasteiger partial charge on any atom is 0.228 e. The normalized spacial score (nSPS) is 17.0. The molecule has 0 unspecified atom stereocenters. The third kappa shape index (κ3) is 4.00. The van der Waals surface area contributed by atoms with E-state index in [0.29, 0.717) is 13.0 Å². The van der Waals surface area contributed by atoms with Crippen LogP contribution in [0.4, 0.5) is 0 Å². The highest BCUT2D eigenvalue weighted by Crippen LogP contribution is 2.32. The van der Waals surface area contributed by atoms with Crippen LogP contribution in [0, 0.1) is 0 Å². The fraction of sp³-hybridized carbons (Fsp3) is 0.389. The van der Waals surface area contributed by atoms with Crippen molar-refractivity contribution >= 4 is 23.2 Å². The van der Waals surface area contributed by atoms with Gasteiger partial charge in [0.05, 0.1) is 24.7 Å². The summed E-state index contributed by atoms with van der Waals surface area (Å²) in [7, 11) is 0. The second-order valence-corrected chi connectivity index (χ2v) is 7.02. The molecule has 0 spiro atoms. The molecule has 3 rings (SSSR count). The van der Waals surface area contributed by atoms with Crippen LogP contribution in [0.5, 0.6) is 0 Å². The van der Waals surface area contributed by atoms with Gasteiger partial charge in [0.2, 0.25) is 11.8 Å². The molecular weight excluding hydrogens is 322 g/mol. The summed E-state index contributed by atoms with van der Waals surface area (Å²) >= 11 is 1.62. The summed E-state index contributed by atoms with van der Waals surface area (Å²) in [6.45, 7) is 2.71. The van der Waals surface area contributed by atoms with E-state index in [4.69, 9.17) is 0 Å². The molecule has 0 aromatic carbocycles. The number of hydrogen-bond acceptors (Lipinski definition) is 4. The molecule has 2 aromatic rings. The quantitative estimate of drug-likeness (QED) is 0.908. The standard InChI is InChI=1S/C18H21N3O2S/c1-13(22)20-12-15-10-14(6-7-19-15)17-5-2-8-21(17)18(23)11-16-4-3-9-24-16/h3-4,6-7,9-10,17H,2,5,8,11-12H2,1H3,(H,20,22)/t17-/m0/s1. The highest BCUT2D eigenvalue weighted by Gasteiger charge is 2.30. The Kier molecular flexibility index (Phi) is 5.25. The number of thiophene rings is 1. The molecule has 0 radical (unpaired) electrons. The van der Waals surface area contributed by atoms with E-state index in [2.05, 4.69) is 10.3 Å². The summed E-state index contributed by atoms with van der Waals surface area (Å²) in [5, 5.41) is 4.76. The van der Waals surface area contributed by atoms with Crippen molar-refractivity contribution in [2.45, 2.75) is 38.8 Å². The van der Waals surface area contributed by atoms with Crippen molar-refractivity contribution in [3.63, 3.8) is 0 Å². The average Bonchev–Trinajstić information content (AvgIpc) is 3.24. The Morgan fingerprint density at radius 1 is 1.42 bits per heavy atom. The van der Waals surface area contributed by atoms with Gasteiger partial charge in [0.25, 0.3) is 0 Å². The highest BCUT2D eigenvalue weighted by atomic mass is 32.1. The monoisotopic (exact) mass is 343 g/mol. The molecule has 5 nitrogen and oxygen atoms in total. The van der Waals surface area contributed by atoms with E-state index < -0.39 is 0 Å². The molecule has 3 heterocycles. The van der Waals surface area contributed by atoms with Crippen LogP contribution in [0.1, 0.15) is 41.9 Å². The van der Waals surface area contributed by atoms with E-state index in [1.54, 1.807) is 17.5 Å². The lowest BCUT2D eigenvalue weighted by atomic mass is 10.0. The summed E-state index contributed by atoms with van der Waals surface area (Å²) in [6.07, 6.45) is 4.22. The molecule has 126 valence electrons. The fourth-order valence-electron chi connectivity index (χ4n) is 3.09. The lowest BCUT2D eigenvalue weighted by molar-refractivity contribution is -0.131. The van der Waals surface area contributed by atoms with E-state index in [0.717, 1.165) is 35.5 Å². The van der Waals surface area contributed by atoms with Crippen molar-refractivity contribution in [3.8, 4) is 0 Å². The van der Waals surface area contributed by atoms with Crippen LogP contribution in [0.15, 0.2) is 35.8 Å². The lowest BCUT2D eigenvalue weighted by Crippen LogP contribution is -2.31. The maximum absolute atomic E-state index is 12.7. The van der Waals surface area contributed by atoms with Crippen LogP contribution < -0.4 is 5.32 Å². The summed E-state index contributed by atoms with van der Waals surface area (Å²) in [5.41, 5.74) is 1.92. The molecule has 1 saturated heterocycles. The van der Waals surface area contributed by atoms with Crippen LogP contribution in [-0.4, -0.2) is 28.2 Å². The minimum absolute atomic E-state index is 0.0733. The zero-order chi connectivity index (χ0) is 16.9. The molecule has 24 heavy (non-hydrogen) atoms. The molecule has 0 aliphatic carbocycles. The summed E-state index contributed by atoms with van der Waals surface area (Å²) in [6, 6.07) is 8.06. The molecule has 6 heteroatoms. The van der Waals surface area contributed by atoms with Crippen molar-refractivity contribution in [3.05, 3.63) is 52.0 Å². The fourth-order valence-corrected chi connectivity index (χ4v) is 3.79. The Morgan fingerprint density at radius 2 is 2.29 bits per heavy atom. The number of amides is 2. The van der Waals surface area contributed by atoms with E-state index in [1.165, 1.54) is 6.92 Å². The predicted molar refractivity (Wildman–Crippen MR) is 93.5 cm³/mol. The summed E-state index contributed by atoms with van der Waals surface area (Å²) < 4.78 is 0. The molecule has 2 amide bonds. The average molecular weight is 343 g/mol. The topological polar surface area (TPSA) is 62.3 Å². The van der Waals surface area contributed by atoms with E-state index >= 15 is 0 Å². The first-order valence-corrected chi connectivity index (χ1v) is 9.02. The van der Waals surface area contributed by atoms with Gasteiger partial charge in [-0.2, -0.15) is 0 Å². The molecule has 1 aliphatic rings. The van der Waals surface area contributed by atoms with Crippen molar-refractivity contribution in [2.75, 3.05) is 6.54 Å². The molecule has 1 N–H and O–H groups in total. The Balaban J connectivity index is 1.71. The summed E-state index contributed by atoms with van der Waals surface area (Å²) in [4.78, 5) is 31.1. The molecule has 0 saturated carbocycles. The molecule has 1 atom stereocenters. The first-order chi connectivity index (χ1) is 11.6. The van der Waals surface area contributed by atoms with Crippen LogP contribution in [-0.2, 0) is 22.6 Å². The van der Waals surface area contributed by atoms with E-state index in [1.807, 2.05) is 34.5 Å². The van der Waals surface area contributed by atoms with Gasteiger partial charge in [-0.25, -0.2) is 0 Å². The number of rotatable bonds is 5. The van der Waals surface area contributed by atoms with Gasteiger partial charge in [-0.3, -0.25) is 14.6 Å². The van der Waals surface area contributed by atoms with Crippen molar-refractivity contribution in [1.29, 1.82) is 0 Å². The Labute approximate surface area is 145 Å². The summed E-state index contributed by atoms with van der Waals surface area (Å²) in [5.74, 6) is 0.107. The first-order valence-electron chi connectivity index (χ1n) is 8.14. The van der Waals surface area contributed by atoms with Gasteiger partial charge in [-0.1, -0.05) is 6.07 Å². The smallest absolute Gasteiger partial charge is 0.228 e. The maximum atomic E-state index is 12.7. The van der Waals surface area contributed by atoms with Crippen LogP contribution in [0.3, 0.4) is 0 Å². The molecular formula is C18H21N3O2S. The second-order valence-electron chi connectivity index (χ2n) is 5.99. The van der Waals surface area contributed by atoms with Crippen LogP contribution >= 0.6 is 11.3 Å². The zero-order valence-electron chi connectivity index (χ0n) is 13.7. The van der Waals surface area contributed by atoms with Gasteiger partial charge in [0.15, 0.2) is 0 Å². The number of nitrogens with one attached hydrogen (secondary N) is 1. The Hall–Kier alpha value is -2.21. The molecule has 1 fully saturated rings. The van der Waals surface area contributed by atoms with E-state index in [-0.39, 0.29) is 17.9 Å². The SMILES string of the molecule is CC(=O)NCc1cc([C@@H]2CCCN2C(=O)Cc2cccs2)ccn1. The molecule has 0 bridgehead atoms. The number of aromatic nitrogens is 1. The highest BCUT2D eigenvalue weighted by molar-refractivity contribution is 7.10. The number of carbonyl (C=O) groups is 2. The van der Waals surface area contributed by atoms with Gasteiger partial charge < -0.3 is 10.2 Å². The van der Waals surface area contributed by atoms with Crippen molar-refractivity contribution in [2.24, 2.45) is 0 Å². The third-order valence-corrected chi connectivity index (χ3v) is 5.10. The van der Waals surface area contributed by atoms with Gasteiger partial charge in [0.1, 0.15) is 0 Å². The Morgan fingerprint density at radius 3 is 3.04 bits per heavy atom. The number of pyridine rings is 1. The zero-order valence-corrected chi connectivity index (χ0v) is 14.5.